The van der Waals surface area contributed by atoms with E-state index in [1.165, 1.54) is 54.0 Å². The van der Waals surface area contributed by atoms with Gasteiger partial charge in [-0.15, -0.1) is 22.7 Å². The standard InChI is InChI=1S/C16H12Cl2N2O4S3/c1-24-9-2-4-10(5-3-9)27(22,23)8-14(21)20-16-19-12(7-25-16)11-6-13(17)26-15(11)18/h2-7H,8H2,1H3,(H,19,20,21). The summed E-state index contributed by atoms with van der Waals surface area (Å²) < 4.78 is 30.7. The van der Waals surface area contributed by atoms with Crippen molar-refractivity contribution < 1.29 is 17.9 Å². The van der Waals surface area contributed by atoms with Crippen molar-refractivity contribution in [2.75, 3.05) is 18.2 Å². The van der Waals surface area contributed by atoms with Crippen LogP contribution in [0.3, 0.4) is 0 Å². The molecule has 1 aromatic carbocycles. The van der Waals surface area contributed by atoms with Gasteiger partial charge in [0.05, 0.1) is 22.0 Å². The monoisotopic (exact) mass is 462 g/mol. The predicted molar refractivity (Wildman–Crippen MR) is 109 cm³/mol. The number of nitrogens with zero attached hydrogens (tertiary/aromatic N) is 1. The van der Waals surface area contributed by atoms with Crippen LogP contribution in [0.4, 0.5) is 5.13 Å². The summed E-state index contributed by atoms with van der Waals surface area (Å²) >= 11 is 14.4. The largest absolute Gasteiger partial charge is 0.497 e. The molecule has 0 unspecified atom stereocenters. The molecule has 2 heterocycles. The summed E-state index contributed by atoms with van der Waals surface area (Å²) in [6.07, 6.45) is 0. The van der Waals surface area contributed by atoms with Crippen molar-refractivity contribution in [2.24, 2.45) is 0 Å². The van der Waals surface area contributed by atoms with Crippen molar-refractivity contribution >= 4 is 66.8 Å². The molecule has 0 saturated carbocycles. The first kappa shape index (κ1) is 20.1. The molecule has 3 rings (SSSR count). The van der Waals surface area contributed by atoms with Crippen LogP contribution in [-0.4, -0.2) is 32.2 Å². The van der Waals surface area contributed by atoms with Gasteiger partial charge in [0.25, 0.3) is 0 Å². The second-order valence-electron chi connectivity index (χ2n) is 5.26. The van der Waals surface area contributed by atoms with E-state index in [1.807, 2.05) is 0 Å². The Morgan fingerprint density at radius 1 is 1.26 bits per heavy atom. The third-order valence-electron chi connectivity index (χ3n) is 3.42. The number of hydrogen-bond donors (Lipinski definition) is 1. The van der Waals surface area contributed by atoms with Crippen molar-refractivity contribution in [2.45, 2.75) is 4.90 Å². The molecule has 6 nitrogen and oxygen atoms in total. The number of aromatic nitrogens is 1. The Morgan fingerprint density at radius 2 is 1.96 bits per heavy atom. The number of ether oxygens (including phenoxy) is 1. The molecule has 0 spiro atoms. The highest BCUT2D eigenvalue weighted by molar-refractivity contribution is 7.92. The Hall–Kier alpha value is -1.65. The number of carbonyl (C=O) groups is 1. The molecule has 0 radical (unpaired) electrons. The number of halogens is 2. The Bertz CT molecular complexity index is 1080. The van der Waals surface area contributed by atoms with Gasteiger partial charge in [-0.25, -0.2) is 13.4 Å². The van der Waals surface area contributed by atoms with Gasteiger partial charge in [-0.1, -0.05) is 23.2 Å². The molecule has 0 aliphatic heterocycles. The first-order chi connectivity index (χ1) is 12.8. The maximum absolute atomic E-state index is 12.4. The first-order valence-corrected chi connectivity index (χ1v) is 11.5. The van der Waals surface area contributed by atoms with Crippen molar-refractivity contribution in [3.8, 4) is 17.0 Å². The highest BCUT2D eigenvalue weighted by Gasteiger charge is 2.21. The molecule has 142 valence electrons. The van der Waals surface area contributed by atoms with Crippen molar-refractivity contribution in [1.29, 1.82) is 0 Å². The van der Waals surface area contributed by atoms with Crippen LogP contribution < -0.4 is 10.1 Å². The fraction of sp³-hybridized carbons (Fsp3) is 0.125. The number of hydrogen-bond acceptors (Lipinski definition) is 7. The molecular formula is C16H12Cl2N2O4S3. The lowest BCUT2D eigenvalue weighted by atomic mass is 10.3. The number of amides is 1. The van der Waals surface area contributed by atoms with Crippen LogP contribution in [0, 0.1) is 0 Å². The summed E-state index contributed by atoms with van der Waals surface area (Å²) in [4.78, 5) is 16.4. The summed E-state index contributed by atoms with van der Waals surface area (Å²) in [5.74, 6) is -0.846. The van der Waals surface area contributed by atoms with Crippen LogP contribution >= 0.6 is 45.9 Å². The Balaban J connectivity index is 1.69. The van der Waals surface area contributed by atoms with Crippen molar-refractivity contribution in [3.63, 3.8) is 0 Å². The van der Waals surface area contributed by atoms with Gasteiger partial charge < -0.3 is 10.1 Å². The molecule has 0 bridgehead atoms. The summed E-state index contributed by atoms with van der Waals surface area (Å²) in [6, 6.07) is 7.51. The topological polar surface area (TPSA) is 85.4 Å². The van der Waals surface area contributed by atoms with Crippen LogP contribution in [-0.2, 0) is 14.6 Å². The highest BCUT2D eigenvalue weighted by Crippen LogP contribution is 2.39. The highest BCUT2D eigenvalue weighted by atomic mass is 35.5. The predicted octanol–water partition coefficient (Wildman–Crippen LogP) is 4.60. The normalized spacial score (nSPS) is 11.4. The molecule has 3 aromatic rings. The quantitative estimate of drug-likeness (QED) is 0.578. The minimum Gasteiger partial charge on any atom is -0.497 e. The molecule has 0 atom stereocenters. The van der Waals surface area contributed by atoms with Gasteiger partial charge in [0.15, 0.2) is 15.0 Å². The molecule has 1 N–H and O–H groups in total. The number of methoxy groups -OCH3 is 1. The number of thiazole rings is 1. The van der Waals surface area contributed by atoms with Gasteiger partial charge in [0.1, 0.15) is 15.8 Å². The third-order valence-corrected chi connectivity index (χ3v) is 7.30. The maximum Gasteiger partial charge on any atom is 0.241 e. The number of nitrogens with one attached hydrogen (secondary N) is 1. The molecule has 0 aliphatic rings. The van der Waals surface area contributed by atoms with E-state index in [1.54, 1.807) is 11.4 Å². The number of thiophene rings is 1. The van der Waals surface area contributed by atoms with E-state index in [4.69, 9.17) is 27.9 Å². The summed E-state index contributed by atoms with van der Waals surface area (Å²) in [5, 5.41) is 4.48. The van der Waals surface area contributed by atoms with Crippen LogP contribution in [0.1, 0.15) is 0 Å². The molecule has 0 aliphatic carbocycles. The minimum atomic E-state index is -3.78. The first-order valence-electron chi connectivity index (χ1n) is 7.36. The third kappa shape index (κ3) is 4.80. The number of rotatable bonds is 6. The van der Waals surface area contributed by atoms with Crippen LogP contribution in [0.5, 0.6) is 5.75 Å². The molecule has 0 saturated heterocycles. The second-order valence-corrected chi connectivity index (χ2v) is 10.4. The Morgan fingerprint density at radius 3 is 2.56 bits per heavy atom. The van der Waals surface area contributed by atoms with E-state index < -0.39 is 21.5 Å². The van der Waals surface area contributed by atoms with E-state index in [2.05, 4.69) is 10.3 Å². The number of benzene rings is 1. The summed E-state index contributed by atoms with van der Waals surface area (Å²) in [6.45, 7) is 0. The number of sulfone groups is 1. The zero-order chi connectivity index (χ0) is 19.6. The van der Waals surface area contributed by atoms with Gasteiger partial charge in [0.2, 0.25) is 5.91 Å². The number of anilines is 1. The van der Waals surface area contributed by atoms with Crippen LogP contribution in [0.2, 0.25) is 8.67 Å². The fourth-order valence-corrected chi connectivity index (χ4v) is 5.51. The van der Waals surface area contributed by atoms with Gasteiger partial charge in [0, 0.05) is 10.9 Å². The molecule has 27 heavy (non-hydrogen) atoms. The van der Waals surface area contributed by atoms with Gasteiger partial charge in [-0.05, 0) is 30.3 Å². The van der Waals surface area contributed by atoms with Gasteiger partial charge in [-0.3, -0.25) is 4.79 Å². The van der Waals surface area contributed by atoms with Crippen molar-refractivity contribution in [1.82, 2.24) is 4.98 Å². The van der Waals surface area contributed by atoms with E-state index in [0.29, 0.717) is 25.7 Å². The lowest BCUT2D eigenvalue weighted by Gasteiger charge is -2.05. The summed E-state index contributed by atoms with van der Waals surface area (Å²) in [5.41, 5.74) is 1.22. The van der Waals surface area contributed by atoms with E-state index in [9.17, 15) is 13.2 Å². The fourth-order valence-electron chi connectivity index (χ4n) is 2.16. The average molecular weight is 463 g/mol. The minimum absolute atomic E-state index is 0.0398. The van der Waals surface area contributed by atoms with Crippen LogP contribution in [0.25, 0.3) is 11.3 Å². The molecule has 0 fully saturated rings. The molecule has 2 aromatic heterocycles. The Kier molecular flexibility index (Phi) is 6.07. The average Bonchev–Trinajstić information content (AvgIpc) is 3.20. The lowest BCUT2D eigenvalue weighted by Crippen LogP contribution is -2.22. The Labute approximate surface area is 173 Å². The SMILES string of the molecule is COc1ccc(S(=O)(=O)CC(=O)Nc2nc(-c3cc(Cl)sc3Cl)cs2)cc1. The summed E-state index contributed by atoms with van der Waals surface area (Å²) in [7, 11) is -2.30. The maximum atomic E-state index is 12.4. The molecule has 11 heteroatoms. The van der Waals surface area contributed by atoms with E-state index >= 15 is 0 Å². The second kappa shape index (κ2) is 8.15. The number of carbonyl (C=O) groups excluding carboxylic acids is 1. The van der Waals surface area contributed by atoms with E-state index in [-0.39, 0.29) is 10.0 Å². The zero-order valence-corrected chi connectivity index (χ0v) is 17.7. The van der Waals surface area contributed by atoms with Gasteiger partial charge >= 0.3 is 0 Å². The van der Waals surface area contributed by atoms with Crippen LogP contribution in [0.15, 0.2) is 40.6 Å². The zero-order valence-electron chi connectivity index (χ0n) is 13.7. The molecule has 1 amide bonds. The van der Waals surface area contributed by atoms with Gasteiger partial charge in [-0.2, -0.15) is 0 Å². The van der Waals surface area contributed by atoms with E-state index in [0.717, 1.165) is 0 Å². The molecular weight excluding hydrogens is 451 g/mol. The van der Waals surface area contributed by atoms with Crippen molar-refractivity contribution in [3.05, 3.63) is 44.4 Å². The lowest BCUT2D eigenvalue weighted by molar-refractivity contribution is -0.113. The smallest absolute Gasteiger partial charge is 0.241 e.